The minimum Gasteiger partial charge on any atom is -0.493 e. The molecule has 0 aromatic heterocycles. The van der Waals surface area contributed by atoms with Crippen LogP contribution in [0.4, 0.5) is 0 Å². The lowest BCUT2D eigenvalue weighted by Gasteiger charge is -2.38. The third-order valence-electron chi connectivity index (χ3n) is 8.66. The highest BCUT2D eigenvalue weighted by atomic mass is 16.7. The van der Waals surface area contributed by atoms with Crippen LogP contribution < -0.4 is 18.9 Å². The van der Waals surface area contributed by atoms with E-state index in [9.17, 15) is 50.4 Å². The van der Waals surface area contributed by atoms with Crippen molar-refractivity contribution in [1.82, 2.24) is 0 Å². The Morgan fingerprint density at radius 1 is 0.604 bits per heavy atom. The van der Waals surface area contributed by atoms with Crippen LogP contribution >= 0.6 is 0 Å². The Bertz CT molecular complexity index is 1310. The Morgan fingerprint density at radius 3 is 1.27 bits per heavy atom. The summed E-state index contributed by atoms with van der Waals surface area (Å²) in [6, 6.07) is 10.2. The molecule has 0 radical (unpaired) electrons. The van der Waals surface area contributed by atoms with Gasteiger partial charge in [0.25, 0.3) is 0 Å². The molecule has 0 saturated carbocycles. The Hall–Kier alpha value is -3.74. The number of aliphatic carboxylic acids is 2. The largest absolute Gasteiger partial charge is 0.493 e. The number of carboxylic acid groups (broad SMARTS) is 2. The molecule has 2 aromatic rings. The number of rotatable bonds is 13. The number of methoxy groups -OCH3 is 2. The van der Waals surface area contributed by atoms with Gasteiger partial charge in [-0.3, -0.25) is 0 Å². The van der Waals surface area contributed by atoms with Crippen LogP contribution in [0.25, 0.3) is 0 Å². The van der Waals surface area contributed by atoms with Gasteiger partial charge in [-0.2, -0.15) is 0 Å². The van der Waals surface area contributed by atoms with Gasteiger partial charge in [0.15, 0.2) is 35.2 Å². The molecule has 2 unspecified atom stereocenters. The molecule has 0 spiro atoms. The highest BCUT2D eigenvalue weighted by Crippen LogP contribution is 2.35. The van der Waals surface area contributed by atoms with E-state index in [1.807, 2.05) is 0 Å². The molecule has 2 fully saturated rings. The molecular weight excluding hydrogens is 640 g/mol. The molecule has 12 atom stereocenters. The molecule has 4 rings (SSSR count). The molecule has 2 aromatic carbocycles. The Kier molecular flexibility index (Phi) is 12.1. The molecule has 8 N–H and O–H groups in total. The van der Waals surface area contributed by atoms with Gasteiger partial charge < -0.3 is 69.3 Å². The summed E-state index contributed by atoms with van der Waals surface area (Å²) in [5.74, 6) is -1.95. The van der Waals surface area contributed by atoms with E-state index in [2.05, 4.69) is 13.8 Å². The second-order valence-corrected chi connectivity index (χ2v) is 12.0. The number of aliphatic hydroxyl groups is 6. The van der Waals surface area contributed by atoms with Crippen molar-refractivity contribution in [3.63, 3.8) is 0 Å². The number of benzene rings is 2. The highest BCUT2D eigenvalue weighted by Gasteiger charge is 2.49. The monoisotopic (exact) mass is 682 g/mol. The molecule has 2 aliphatic rings. The Balaban J connectivity index is 1.39. The maximum absolute atomic E-state index is 11.4. The van der Waals surface area contributed by atoms with Gasteiger partial charge in [-0.25, -0.2) is 9.59 Å². The number of carboxylic acids is 2. The molecule has 16 nitrogen and oxygen atoms in total. The molecule has 266 valence electrons. The van der Waals surface area contributed by atoms with E-state index in [1.165, 1.54) is 14.2 Å². The molecule has 0 bridgehead atoms. The average Bonchev–Trinajstić information content (AvgIpc) is 3.05. The fraction of sp³-hybridized carbons (Fsp3) is 0.562. The number of ether oxygens (including phenoxy) is 6. The van der Waals surface area contributed by atoms with Crippen LogP contribution in [-0.4, -0.2) is 128 Å². The summed E-state index contributed by atoms with van der Waals surface area (Å²) in [5, 5.41) is 79.2. The van der Waals surface area contributed by atoms with Crippen LogP contribution in [0.1, 0.15) is 25.0 Å². The predicted molar refractivity (Wildman–Crippen MR) is 162 cm³/mol. The molecule has 16 heteroatoms. The van der Waals surface area contributed by atoms with Crippen molar-refractivity contribution in [3.8, 4) is 23.0 Å². The zero-order chi connectivity index (χ0) is 35.4. The maximum atomic E-state index is 11.4. The summed E-state index contributed by atoms with van der Waals surface area (Å²) in [5.41, 5.74) is 1.78. The van der Waals surface area contributed by atoms with E-state index in [0.29, 0.717) is 12.8 Å². The molecule has 2 saturated heterocycles. The minimum absolute atomic E-state index is 0.128. The van der Waals surface area contributed by atoms with Crippen molar-refractivity contribution >= 4 is 11.9 Å². The molecule has 48 heavy (non-hydrogen) atoms. The first-order valence-corrected chi connectivity index (χ1v) is 15.2. The summed E-state index contributed by atoms with van der Waals surface area (Å²) in [6.45, 7) is 4.14. The van der Waals surface area contributed by atoms with Crippen LogP contribution in [0.3, 0.4) is 0 Å². The Labute approximate surface area is 275 Å². The van der Waals surface area contributed by atoms with Crippen molar-refractivity contribution in [2.45, 2.75) is 88.1 Å². The SMILES string of the molecule is COc1cc(CC(C)C(C)Cc2ccc(O[C@@H]3O[C@H](C(=O)O)[C@@H](O)[C@H](O)[C@H]3O)c(OC)c2)ccc1O[C@H]1O[C@@H](C(=O)O)[C@H](O)[C@@H](O)[C@@H]1O. The summed E-state index contributed by atoms with van der Waals surface area (Å²) in [4.78, 5) is 22.8. The van der Waals surface area contributed by atoms with E-state index in [1.54, 1.807) is 36.4 Å². The first-order valence-electron chi connectivity index (χ1n) is 15.2. The maximum Gasteiger partial charge on any atom is 0.335 e. The van der Waals surface area contributed by atoms with Gasteiger partial charge in [-0.05, 0) is 60.1 Å². The second-order valence-electron chi connectivity index (χ2n) is 12.0. The topological polar surface area (TPSA) is 251 Å². The van der Waals surface area contributed by atoms with Gasteiger partial charge in [-0.15, -0.1) is 0 Å². The van der Waals surface area contributed by atoms with Gasteiger partial charge in [-0.1, -0.05) is 26.0 Å². The number of hydrogen-bond donors (Lipinski definition) is 8. The lowest BCUT2D eigenvalue weighted by molar-refractivity contribution is -0.271. The van der Waals surface area contributed by atoms with Gasteiger partial charge in [0.05, 0.1) is 14.2 Å². The lowest BCUT2D eigenvalue weighted by atomic mass is 9.85. The molecule has 0 aliphatic carbocycles. The zero-order valence-corrected chi connectivity index (χ0v) is 26.7. The highest BCUT2D eigenvalue weighted by molar-refractivity contribution is 5.74. The number of carbonyl (C=O) groups is 2. The normalized spacial score (nSPS) is 31.7. The van der Waals surface area contributed by atoms with E-state index in [-0.39, 0.29) is 34.8 Å². The third kappa shape index (κ3) is 8.10. The van der Waals surface area contributed by atoms with Crippen LogP contribution in [-0.2, 0) is 31.9 Å². The zero-order valence-electron chi connectivity index (χ0n) is 26.7. The minimum atomic E-state index is -1.85. The summed E-state index contributed by atoms with van der Waals surface area (Å²) in [6.07, 6.45) is -16.3. The van der Waals surface area contributed by atoms with Gasteiger partial charge in [0.1, 0.15) is 36.6 Å². The average molecular weight is 683 g/mol. The second kappa shape index (κ2) is 15.7. The van der Waals surface area contributed by atoms with Crippen LogP contribution in [0.2, 0.25) is 0 Å². The van der Waals surface area contributed by atoms with Crippen molar-refractivity contribution < 1.29 is 78.9 Å². The predicted octanol–water partition coefficient (Wildman–Crippen LogP) is -0.697. The molecular formula is C32H42O16. The quantitative estimate of drug-likeness (QED) is 0.130. The van der Waals surface area contributed by atoms with Crippen molar-refractivity contribution in [2.24, 2.45) is 11.8 Å². The smallest absolute Gasteiger partial charge is 0.335 e. The summed E-state index contributed by atoms with van der Waals surface area (Å²) in [7, 11) is 2.82. The van der Waals surface area contributed by atoms with E-state index < -0.39 is 73.4 Å². The van der Waals surface area contributed by atoms with Crippen LogP contribution in [0.15, 0.2) is 36.4 Å². The van der Waals surface area contributed by atoms with Crippen molar-refractivity contribution in [3.05, 3.63) is 47.5 Å². The lowest BCUT2D eigenvalue weighted by Crippen LogP contribution is -2.61. The first kappa shape index (κ1) is 37.1. The van der Waals surface area contributed by atoms with E-state index in [4.69, 9.17) is 28.4 Å². The summed E-state index contributed by atoms with van der Waals surface area (Å²) < 4.78 is 32.6. The number of hydrogen-bond acceptors (Lipinski definition) is 14. The third-order valence-corrected chi connectivity index (χ3v) is 8.66. The molecule has 2 heterocycles. The first-order chi connectivity index (χ1) is 22.7. The van der Waals surface area contributed by atoms with E-state index in [0.717, 1.165) is 11.1 Å². The van der Waals surface area contributed by atoms with Gasteiger partial charge in [0.2, 0.25) is 12.6 Å². The fourth-order valence-electron chi connectivity index (χ4n) is 5.57. The van der Waals surface area contributed by atoms with E-state index >= 15 is 0 Å². The van der Waals surface area contributed by atoms with Crippen molar-refractivity contribution in [1.29, 1.82) is 0 Å². The van der Waals surface area contributed by atoms with Gasteiger partial charge in [0, 0.05) is 0 Å². The van der Waals surface area contributed by atoms with Crippen LogP contribution in [0.5, 0.6) is 23.0 Å². The summed E-state index contributed by atoms with van der Waals surface area (Å²) >= 11 is 0. The molecule has 2 aliphatic heterocycles. The van der Waals surface area contributed by atoms with Gasteiger partial charge >= 0.3 is 11.9 Å². The number of aliphatic hydroxyl groups excluding tert-OH is 6. The fourth-order valence-corrected chi connectivity index (χ4v) is 5.57. The molecule has 0 amide bonds. The standard InChI is InChI=1S/C32H42O16/c1-13(9-15-5-7-17(19(11-15)43-3)45-31-25(37)21(33)23(35)27(47-31)29(39)40)14(2)10-16-6-8-18(20(12-16)44-4)46-32-26(38)22(34)24(36)28(48-32)30(41)42/h5-8,11-14,21-28,31-38H,9-10H2,1-4H3,(H,39,40)(H,41,42)/t13?,14?,21-,22+,23-,24+,25+,26-,27-,28+,31+,32-. The van der Waals surface area contributed by atoms with Crippen LogP contribution in [0, 0.1) is 11.8 Å². The Morgan fingerprint density at radius 2 is 0.958 bits per heavy atom. The van der Waals surface area contributed by atoms with Crippen molar-refractivity contribution in [2.75, 3.05) is 14.2 Å².